The maximum Gasteiger partial charge on any atom is 0.240 e. The molecule has 0 saturated heterocycles. The Morgan fingerprint density at radius 3 is 2.65 bits per heavy atom. The Bertz CT molecular complexity index is 406. The van der Waals surface area contributed by atoms with Crippen molar-refractivity contribution in [3.05, 3.63) is 24.3 Å². The van der Waals surface area contributed by atoms with Crippen LogP contribution in [0.1, 0.15) is 0 Å². The fourth-order valence-electron chi connectivity index (χ4n) is 1.35. The van der Waals surface area contributed by atoms with Crippen molar-refractivity contribution in [2.75, 3.05) is 32.1 Å². The van der Waals surface area contributed by atoms with E-state index in [-0.39, 0.29) is 19.0 Å². The highest BCUT2D eigenvalue weighted by Gasteiger charge is 2.06. The predicted octanol–water partition coefficient (Wildman–Crippen LogP) is 0.881. The van der Waals surface area contributed by atoms with Crippen LogP contribution >= 0.6 is 0 Å². The lowest BCUT2D eigenvalue weighted by Gasteiger charge is -2.18. The lowest BCUT2D eigenvalue weighted by molar-refractivity contribution is -0.119. The molecule has 0 aliphatic carbocycles. The third kappa shape index (κ3) is 4.07. The topological polar surface area (TPSA) is 41.6 Å². The summed E-state index contributed by atoms with van der Waals surface area (Å²) < 4.78 is 5.06. The number of hydrogen-bond donors (Lipinski definition) is 1. The van der Waals surface area contributed by atoms with Gasteiger partial charge in [-0.1, -0.05) is 5.92 Å². The Labute approximate surface area is 102 Å². The Morgan fingerprint density at radius 1 is 1.47 bits per heavy atom. The number of terminal acetylenes is 1. The van der Waals surface area contributed by atoms with Gasteiger partial charge in [0.1, 0.15) is 5.75 Å². The molecule has 1 aromatic carbocycles. The highest BCUT2D eigenvalue weighted by molar-refractivity contribution is 5.81. The molecule has 4 heteroatoms. The average Bonchev–Trinajstić information content (AvgIpc) is 2.36. The number of benzene rings is 1. The molecule has 0 fully saturated rings. The molecule has 0 aliphatic rings. The van der Waals surface area contributed by atoms with Crippen molar-refractivity contribution in [3.8, 4) is 18.1 Å². The first kappa shape index (κ1) is 12.9. The first-order valence-corrected chi connectivity index (χ1v) is 5.22. The van der Waals surface area contributed by atoms with Gasteiger partial charge in [-0.3, -0.25) is 4.79 Å². The zero-order chi connectivity index (χ0) is 12.7. The van der Waals surface area contributed by atoms with Gasteiger partial charge >= 0.3 is 0 Å². The predicted molar refractivity (Wildman–Crippen MR) is 68.1 cm³/mol. The minimum absolute atomic E-state index is 0.0960. The maximum atomic E-state index is 11.4. The second kappa shape index (κ2) is 6.44. The summed E-state index contributed by atoms with van der Waals surface area (Å²) in [6, 6.07) is 7.50. The van der Waals surface area contributed by atoms with Gasteiger partial charge in [0.15, 0.2) is 0 Å². The Morgan fingerprint density at radius 2 is 2.12 bits per heavy atom. The number of hydrogen-bond acceptors (Lipinski definition) is 3. The maximum absolute atomic E-state index is 11.4. The van der Waals surface area contributed by atoms with Crippen molar-refractivity contribution >= 4 is 11.6 Å². The SMILES string of the molecule is C#CCNC(=O)CN(C)c1ccc(OC)cc1. The summed E-state index contributed by atoms with van der Waals surface area (Å²) in [5.41, 5.74) is 0.946. The summed E-state index contributed by atoms with van der Waals surface area (Å²) in [5, 5.41) is 2.61. The largest absolute Gasteiger partial charge is 0.497 e. The lowest BCUT2D eigenvalue weighted by Crippen LogP contribution is -2.35. The van der Waals surface area contributed by atoms with E-state index in [0.717, 1.165) is 11.4 Å². The van der Waals surface area contributed by atoms with E-state index in [4.69, 9.17) is 11.2 Å². The zero-order valence-corrected chi connectivity index (χ0v) is 10.1. The lowest BCUT2D eigenvalue weighted by atomic mass is 10.3. The summed E-state index contributed by atoms with van der Waals surface area (Å²) in [6.07, 6.45) is 5.06. The summed E-state index contributed by atoms with van der Waals surface area (Å²) in [7, 11) is 3.46. The van der Waals surface area contributed by atoms with Gasteiger partial charge in [-0.05, 0) is 24.3 Å². The van der Waals surface area contributed by atoms with Gasteiger partial charge in [-0.15, -0.1) is 6.42 Å². The Kier molecular flexibility index (Phi) is 4.89. The molecule has 1 aromatic rings. The van der Waals surface area contributed by atoms with Crippen LogP contribution in [0.3, 0.4) is 0 Å². The number of amides is 1. The van der Waals surface area contributed by atoms with Gasteiger partial charge in [0.05, 0.1) is 20.2 Å². The first-order chi connectivity index (χ1) is 8.17. The van der Waals surface area contributed by atoms with Gasteiger partial charge in [-0.2, -0.15) is 0 Å². The number of nitrogens with one attached hydrogen (secondary N) is 1. The number of carbonyl (C=O) groups is 1. The third-order valence-electron chi connectivity index (χ3n) is 2.28. The minimum Gasteiger partial charge on any atom is -0.497 e. The van der Waals surface area contributed by atoms with Crippen molar-refractivity contribution < 1.29 is 9.53 Å². The summed E-state index contributed by atoms with van der Waals surface area (Å²) in [4.78, 5) is 13.3. The molecule has 0 heterocycles. The van der Waals surface area contributed by atoms with E-state index in [0.29, 0.717) is 0 Å². The molecule has 0 radical (unpaired) electrons. The standard InChI is InChI=1S/C13H16N2O2/c1-4-9-14-13(16)10-15(2)11-5-7-12(17-3)8-6-11/h1,5-8H,9-10H2,2-3H3,(H,14,16). The highest BCUT2D eigenvalue weighted by atomic mass is 16.5. The van der Waals surface area contributed by atoms with E-state index >= 15 is 0 Å². The first-order valence-electron chi connectivity index (χ1n) is 5.22. The molecule has 1 amide bonds. The van der Waals surface area contributed by atoms with Crippen molar-refractivity contribution in [2.24, 2.45) is 0 Å². The smallest absolute Gasteiger partial charge is 0.240 e. The molecule has 0 bridgehead atoms. The van der Waals surface area contributed by atoms with Crippen LogP contribution in [-0.2, 0) is 4.79 Å². The molecule has 0 atom stereocenters. The molecule has 0 aromatic heterocycles. The molecular weight excluding hydrogens is 216 g/mol. The van der Waals surface area contributed by atoms with Crippen molar-refractivity contribution in [1.82, 2.24) is 5.32 Å². The summed E-state index contributed by atoms with van der Waals surface area (Å²) in [5.74, 6) is 3.05. The van der Waals surface area contributed by atoms with Crippen LogP contribution in [0.25, 0.3) is 0 Å². The highest BCUT2D eigenvalue weighted by Crippen LogP contribution is 2.17. The van der Waals surface area contributed by atoms with Crippen LogP contribution < -0.4 is 15.0 Å². The van der Waals surface area contributed by atoms with E-state index in [1.807, 2.05) is 36.2 Å². The van der Waals surface area contributed by atoms with Crippen LogP contribution in [0.2, 0.25) is 0 Å². The van der Waals surface area contributed by atoms with E-state index in [2.05, 4.69) is 11.2 Å². The molecule has 0 saturated carbocycles. The zero-order valence-electron chi connectivity index (χ0n) is 10.1. The normalized spacial score (nSPS) is 9.24. The number of likely N-dealkylation sites (N-methyl/N-ethyl adjacent to an activating group) is 1. The summed E-state index contributed by atoms with van der Waals surface area (Å²) >= 11 is 0. The van der Waals surface area contributed by atoms with E-state index in [1.165, 1.54) is 0 Å². The number of carbonyl (C=O) groups excluding carboxylic acids is 1. The number of rotatable bonds is 5. The molecule has 0 unspecified atom stereocenters. The second-order valence-electron chi connectivity index (χ2n) is 3.53. The van der Waals surface area contributed by atoms with Gasteiger partial charge in [0.25, 0.3) is 0 Å². The monoisotopic (exact) mass is 232 g/mol. The molecule has 0 aliphatic heterocycles. The van der Waals surface area contributed by atoms with Gasteiger partial charge in [-0.25, -0.2) is 0 Å². The van der Waals surface area contributed by atoms with Gasteiger partial charge in [0, 0.05) is 12.7 Å². The minimum atomic E-state index is -0.0960. The Hall–Kier alpha value is -2.15. The fourth-order valence-corrected chi connectivity index (χ4v) is 1.35. The summed E-state index contributed by atoms with van der Waals surface area (Å²) in [6.45, 7) is 0.531. The van der Waals surface area contributed by atoms with Crippen LogP contribution in [0.5, 0.6) is 5.75 Å². The molecule has 90 valence electrons. The van der Waals surface area contributed by atoms with Crippen LogP contribution in [0.15, 0.2) is 24.3 Å². The van der Waals surface area contributed by atoms with E-state index in [9.17, 15) is 4.79 Å². The molecular formula is C13H16N2O2. The number of ether oxygens (including phenoxy) is 1. The number of anilines is 1. The Balaban J connectivity index is 2.54. The van der Waals surface area contributed by atoms with E-state index < -0.39 is 0 Å². The molecule has 1 rings (SSSR count). The quantitative estimate of drug-likeness (QED) is 0.766. The van der Waals surface area contributed by atoms with Gasteiger partial charge in [0.2, 0.25) is 5.91 Å². The van der Waals surface area contributed by atoms with Crippen molar-refractivity contribution in [3.63, 3.8) is 0 Å². The molecule has 4 nitrogen and oxygen atoms in total. The van der Waals surface area contributed by atoms with Gasteiger partial charge < -0.3 is 15.0 Å². The second-order valence-corrected chi connectivity index (χ2v) is 3.53. The molecule has 1 N–H and O–H groups in total. The third-order valence-corrected chi connectivity index (χ3v) is 2.28. The fraction of sp³-hybridized carbons (Fsp3) is 0.308. The molecule has 0 spiro atoms. The number of methoxy groups -OCH3 is 1. The number of nitrogens with zero attached hydrogens (tertiary/aromatic N) is 1. The van der Waals surface area contributed by atoms with Crippen LogP contribution in [0.4, 0.5) is 5.69 Å². The van der Waals surface area contributed by atoms with Crippen LogP contribution in [-0.4, -0.2) is 33.2 Å². The van der Waals surface area contributed by atoms with Crippen molar-refractivity contribution in [1.29, 1.82) is 0 Å². The van der Waals surface area contributed by atoms with Crippen LogP contribution in [0, 0.1) is 12.3 Å². The molecule has 17 heavy (non-hydrogen) atoms. The van der Waals surface area contributed by atoms with Crippen molar-refractivity contribution in [2.45, 2.75) is 0 Å². The van der Waals surface area contributed by atoms with E-state index in [1.54, 1.807) is 7.11 Å². The average molecular weight is 232 g/mol.